The average molecular weight is 388 g/mol. The number of carbonyl (C=O) groups excluding carboxylic acids is 2. The van der Waals surface area contributed by atoms with E-state index in [1.54, 1.807) is 19.0 Å². The molecule has 0 aliphatic carbocycles. The van der Waals surface area contributed by atoms with Gasteiger partial charge in [0.25, 0.3) is 5.91 Å². The zero-order valence-corrected chi connectivity index (χ0v) is 17.3. The highest BCUT2D eigenvalue weighted by atomic mass is 16.2. The predicted molar refractivity (Wildman–Crippen MR) is 113 cm³/mol. The molecule has 154 valence electrons. The van der Waals surface area contributed by atoms with Crippen LogP contribution in [0.1, 0.15) is 42.1 Å². The molecular weight excluding hydrogens is 354 g/mol. The Morgan fingerprint density at radius 3 is 2.79 bits per heavy atom. The molecule has 1 aliphatic heterocycles. The maximum atomic E-state index is 12.1. The lowest BCUT2D eigenvalue weighted by molar-refractivity contribution is -0.127. The van der Waals surface area contributed by atoms with Crippen molar-refractivity contribution in [2.75, 3.05) is 46.8 Å². The Kier molecular flexibility index (Phi) is 8.78. The van der Waals surface area contributed by atoms with Gasteiger partial charge in [-0.3, -0.25) is 14.6 Å². The van der Waals surface area contributed by atoms with Crippen LogP contribution >= 0.6 is 0 Å². The predicted octanol–water partition coefficient (Wildman–Crippen LogP) is 1.50. The summed E-state index contributed by atoms with van der Waals surface area (Å²) in [4.78, 5) is 31.8. The molecule has 1 heterocycles. The Morgan fingerprint density at radius 2 is 2.11 bits per heavy atom. The quantitative estimate of drug-likeness (QED) is 0.382. The standard InChI is InChI=1S/C21H33N5O2/c1-4-22-21(23-12-7-15-26-14-6-10-19(26)27)24-13-11-17-8-5-9-18(16-17)20(28)25(2)3/h5,8-9,16H,4,6-7,10-15H2,1-3H3,(H2,22,23,24). The van der Waals surface area contributed by atoms with Crippen molar-refractivity contribution >= 4 is 17.8 Å². The summed E-state index contributed by atoms with van der Waals surface area (Å²) in [6.07, 6.45) is 3.35. The molecule has 7 nitrogen and oxygen atoms in total. The zero-order valence-electron chi connectivity index (χ0n) is 17.3. The molecule has 1 aromatic rings. The number of hydrogen-bond donors (Lipinski definition) is 2. The molecule has 1 fully saturated rings. The third kappa shape index (κ3) is 6.87. The molecule has 2 N–H and O–H groups in total. The van der Waals surface area contributed by atoms with Crippen LogP contribution in [0.25, 0.3) is 0 Å². The van der Waals surface area contributed by atoms with Gasteiger partial charge in [-0.05, 0) is 43.9 Å². The molecule has 0 bridgehead atoms. The summed E-state index contributed by atoms with van der Waals surface area (Å²) < 4.78 is 0. The maximum absolute atomic E-state index is 12.1. The molecule has 0 aromatic heterocycles. The largest absolute Gasteiger partial charge is 0.357 e. The van der Waals surface area contributed by atoms with Gasteiger partial charge >= 0.3 is 0 Å². The molecule has 7 heteroatoms. The van der Waals surface area contributed by atoms with Gasteiger partial charge in [-0.1, -0.05) is 12.1 Å². The Morgan fingerprint density at radius 1 is 1.29 bits per heavy atom. The third-order valence-corrected chi connectivity index (χ3v) is 4.66. The monoisotopic (exact) mass is 387 g/mol. The first kappa shape index (κ1) is 21.7. The molecule has 1 aromatic carbocycles. The normalized spacial score (nSPS) is 14.3. The highest BCUT2D eigenvalue weighted by Crippen LogP contribution is 2.10. The van der Waals surface area contributed by atoms with Crippen LogP contribution in [0.3, 0.4) is 0 Å². The van der Waals surface area contributed by atoms with Crippen molar-refractivity contribution in [1.82, 2.24) is 20.4 Å². The molecule has 0 spiro atoms. The Hall–Kier alpha value is -2.57. The van der Waals surface area contributed by atoms with Crippen LogP contribution in [-0.4, -0.2) is 74.4 Å². The number of nitrogens with one attached hydrogen (secondary N) is 2. The van der Waals surface area contributed by atoms with E-state index in [-0.39, 0.29) is 11.8 Å². The van der Waals surface area contributed by atoms with E-state index >= 15 is 0 Å². The Labute approximate surface area is 168 Å². The average Bonchev–Trinajstić information content (AvgIpc) is 3.09. The fourth-order valence-electron chi connectivity index (χ4n) is 3.18. The number of benzene rings is 1. The van der Waals surface area contributed by atoms with E-state index in [0.29, 0.717) is 18.5 Å². The number of guanidine groups is 1. The Balaban J connectivity index is 1.78. The van der Waals surface area contributed by atoms with Gasteiger partial charge in [-0.15, -0.1) is 0 Å². The molecule has 1 aliphatic rings. The second-order valence-corrected chi connectivity index (χ2v) is 7.18. The number of rotatable bonds is 9. The van der Waals surface area contributed by atoms with E-state index < -0.39 is 0 Å². The summed E-state index contributed by atoms with van der Waals surface area (Å²) in [6.45, 7) is 5.92. The highest BCUT2D eigenvalue weighted by molar-refractivity contribution is 5.94. The number of amides is 2. The molecule has 28 heavy (non-hydrogen) atoms. The first-order valence-corrected chi connectivity index (χ1v) is 10.1. The number of nitrogens with zero attached hydrogens (tertiary/aromatic N) is 3. The lowest BCUT2D eigenvalue weighted by Gasteiger charge is -2.15. The molecule has 0 atom stereocenters. The molecule has 0 radical (unpaired) electrons. The van der Waals surface area contributed by atoms with E-state index in [2.05, 4.69) is 15.6 Å². The van der Waals surface area contributed by atoms with Crippen LogP contribution < -0.4 is 10.6 Å². The van der Waals surface area contributed by atoms with Crippen molar-refractivity contribution < 1.29 is 9.59 Å². The van der Waals surface area contributed by atoms with Gasteiger partial charge < -0.3 is 20.4 Å². The molecule has 0 unspecified atom stereocenters. The van der Waals surface area contributed by atoms with Crippen molar-refractivity contribution in [2.45, 2.75) is 32.6 Å². The molecular formula is C21H33N5O2. The molecule has 2 rings (SSSR count). The van der Waals surface area contributed by atoms with Crippen LogP contribution in [0, 0.1) is 0 Å². The maximum Gasteiger partial charge on any atom is 0.253 e. The van der Waals surface area contributed by atoms with Crippen LogP contribution in [0.5, 0.6) is 0 Å². The van der Waals surface area contributed by atoms with E-state index in [1.165, 1.54) is 0 Å². The topological polar surface area (TPSA) is 77.0 Å². The SMILES string of the molecule is CCNC(=NCCCN1CCCC1=O)NCCc1cccc(C(=O)N(C)C)c1. The van der Waals surface area contributed by atoms with Crippen LogP contribution in [-0.2, 0) is 11.2 Å². The fourth-order valence-corrected chi connectivity index (χ4v) is 3.18. The van der Waals surface area contributed by atoms with Gasteiger partial charge in [-0.2, -0.15) is 0 Å². The van der Waals surface area contributed by atoms with Crippen LogP contribution in [0.4, 0.5) is 0 Å². The summed E-state index contributed by atoms with van der Waals surface area (Å²) in [5, 5.41) is 6.59. The van der Waals surface area contributed by atoms with Gasteiger partial charge in [0.2, 0.25) is 5.91 Å². The summed E-state index contributed by atoms with van der Waals surface area (Å²) >= 11 is 0. The van der Waals surface area contributed by atoms with Crippen LogP contribution in [0.15, 0.2) is 29.3 Å². The van der Waals surface area contributed by atoms with E-state index in [9.17, 15) is 9.59 Å². The first-order chi connectivity index (χ1) is 13.5. The van der Waals surface area contributed by atoms with E-state index in [0.717, 1.165) is 57.0 Å². The second kappa shape index (κ2) is 11.3. The molecule has 2 amide bonds. The van der Waals surface area contributed by atoms with Gasteiger partial charge in [0.15, 0.2) is 5.96 Å². The van der Waals surface area contributed by atoms with Gasteiger partial charge in [0.1, 0.15) is 0 Å². The lowest BCUT2D eigenvalue weighted by Crippen LogP contribution is -2.38. The third-order valence-electron chi connectivity index (χ3n) is 4.66. The van der Waals surface area contributed by atoms with E-state index in [4.69, 9.17) is 0 Å². The number of aliphatic imine (C=N–C) groups is 1. The Bertz CT molecular complexity index is 687. The zero-order chi connectivity index (χ0) is 20.4. The van der Waals surface area contributed by atoms with Crippen molar-refractivity contribution in [3.05, 3.63) is 35.4 Å². The fraction of sp³-hybridized carbons (Fsp3) is 0.571. The summed E-state index contributed by atoms with van der Waals surface area (Å²) in [7, 11) is 3.52. The molecule has 1 saturated heterocycles. The van der Waals surface area contributed by atoms with Gasteiger partial charge in [-0.25, -0.2) is 0 Å². The number of likely N-dealkylation sites (tertiary alicyclic amines) is 1. The van der Waals surface area contributed by atoms with Crippen molar-refractivity contribution in [2.24, 2.45) is 4.99 Å². The minimum Gasteiger partial charge on any atom is -0.357 e. The summed E-state index contributed by atoms with van der Waals surface area (Å²) in [5.74, 6) is 1.07. The summed E-state index contributed by atoms with van der Waals surface area (Å²) in [6, 6.07) is 7.74. The van der Waals surface area contributed by atoms with Crippen molar-refractivity contribution in [1.29, 1.82) is 0 Å². The first-order valence-electron chi connectivity index (χ1n) is 10.1. The van der Waals surface area contributed by atoms with Crippen molar-refractivity contribution in [3.63, 3.8) is 0 Å². The lowest BCUT2D eigenvalue weighted by atomic mass is 10.1. The smallest absolute Gasteiger partial charge is 0.253 e. The van der Waals surface area contributed by atoms with Gasteiger partial charge in [0, 0.05) is 58.8 Å². The number of hydrogen-bond acceptors (Lipinski definition) is 3. The minimum atomic E-state index is 0.0150. The van der Waals surface area contributed by atoms with E-state index in [1.807, 2.05) is 36.1 Å². The number of carbonyl (C=O) groups is 2. The summed E-state index contributed by atoms with van der Waals surface area (Å²) in [5.41, 5.74) is 1.82. The van der Waals surface area contributed by atoms with Gasteiger partial charge in [0.05, 0.1) is 0 Å². The van der Waals surface area contributed by atoms with Crippen molar-refractivity contribution in [3.8, 4) is 0 Å². The second-order valence-electron chi connectivity index (χ2n) is 7.18. The highest BCUT2D eigenvalue weighted by Gasteiger charge is 2.18. The van der Waals surface area contributed by atoms with Crippen LogP contribution in [0.2, 0.25) is 0 Å². The molecule has 0 saturated carbocycles. The minimum absolute atomic E-state index is 0.0150.